The number of aliphatic hydroxyl groups is 1. The summed E-state index contributed by atoms with van der Waals surface area (Å²) in [6.07, 6.45) is -0.324. The molecule has 18 heavy (non-hydrogen) atoms. The molecule has 0 aliphatic rings. The number of aliphatic hydroxyl groups excluding tert-OH is 1. The van der Waals surface area contributed by atoms with Crippen LogP contribution >= 0.6 is 0 Å². The van der Waals surface area contributed by atoms with Crippen molar-refractivity contribution in [2.45, 2.75) is 13.0 Å². The summed E-state index contributed by atoms with van der Waals surface area (Å²) in [5, 5.41) is 25.5. The summed E-state index contributed by atoms with van der Waals surface area (Å²) in [6.45, 7) is 2.11. The van der Waals surface area contributed by atoms with Crippen molar-refractivity contribution in [2.24, 2.45) is 0 Å². The molecule has 6 nitrogen and oxygen atoms in total. The van der Waals surface area contributed by atoms with E-state index in [0.29, 0.717) is 6.61 Å². The van der Waals surface area contributed by atoms with Crippen molar-refractivity contribution >= 4 is 11.9 Å². The largest absolute Gasteiger partial charge is 0.478 e. The first-order chi connectivity index (χ1) is 8.40. The van der Waals surface area contributed by atoms with Crippen LogP contribution in [0.4, 0.5) is 0 Å². The molecule has 6 heteroatoms. The van der Waals surface area contributed by atoms with Crippen molar-refractivity contribution in [3.63, 3.8) is 0 Å². The molecule has 1 unspecified atom stereocenters. The van der Waals surface area contributed by atoms with Crippen molar-refractivity contribution in [3.05, 3.63) is 35.4 Å². The SMILES string of the molecule is COCC(C)O.O=C(O)c1ccccc1C(=O)O. The predicted octanol–water partition coefficient (Wildman–Crippen LogP) is 1.10. The van der Waals surface area contributed by atoms with Crippen molar-refractivity contribution in [1.82, 2.24) is 0 Å². The number of hydrogen-bond acceptors (Lipinski definition) is 4. The third-order valence-corrected chi connectivity index (χ3v) is 1.80. The number of carboxylic acid groups (broad SMARTS) is 2. The molecule has 0 aromatic heterocycles. The maximum absolute atomic E-state index is 10.5. The zero-order valence-corrected chi connectivity index (χ0v) is 10.2. The molecule has 100 valence electrons. The standard InChI is InChI=1S/C8H6O4.C4H10O2/c9-7(10)5-3-1-2-4-6(5)8(11)12;1-4(5)3-6-2/h1-4H,(H,9,10)(H,11,12);4-5H,3H2,1-2H3. The molecule has 0 aliphatic heterocycles. The molecule has 1 atom stereocenters. The van der Waals surface area contributed by atoms with Gasteiger partial charge in [0, 0.05) is 7.11 Å². The normalized spacial score (nSPS) is 11.1. The van der Waals surface area contributed by atoms with Crippen LogP contribution in [0, 0.1) is 0 Å². The first kappa shape index (κ1) is 16.1. The lowest BCUT2D eigenvalue weighted by atomic mass is 10.1. The topological polar surface area (TPSA) is 104 Å². The van der Waals surface area contributed by atoms with E-state index < -0.39 is 11.9 Å². The third kappa shape index (κ3) is 5.97. The number of benzene rings is 1. The van der Waals surface area contributed by atoms with Crippen LogP contribution in [-0.4, -0.2) is 47.1 Å². The van der Waals surface area contributed by atoms with Gasteiger partial charge in [-0.3, -0.25) is 0 Å². The molecular weight excluding hydrogens is 240 g/mol. The third-order valence-electron chi connectivity index (χ3n) is 1.80. The fourth-order valence-corrected chi connectivity index (χ4v) is 1.10. The lowest BCUT2D eigenvalue weighted by molar-refractivity contribution is 0.0651. The molecule has 0 bridgehead atoms. The van der Waals surface area contributed by atoms with Gasteiger partial charge >= 0.3 is 11.9 Å². The lowest BCUT2D eigenvalue weighted by Gasteiger charge is -1.98. The monoisotopic (exact) mass is 256 g/mol. The van der Waals surface area contributed by atoms with Crippen LogP contribution in [-0.2, 0) is 4.74 Å². The van der Waals surface area contributed by atoms with Gasteiger partial charge in [0.2, 0.25) is 0 Å². The zero-order chi connectivity index (χ0) is 14.1. The first-order valence-electron chi connectivity index (χ1n) is 5.12. The van der Waals surface area contributed by atoms with Crippen molar-refractivity contribution < 1.29 is 29.6 Å². The van der Waals surface area contributed by atoms with Crippen LogP contribution in [0.15, 0.2) is 24.3 Å². The summed E-state index contributed by atoms with van der Waals surface area (Å²) in [5.74, 6) is -2.46. The molecule has 1 rings (SSSR count). The molecule has 0 radical (unpaired) electrons. The van der Waals surface area contributed by atoms with E-state index in [1.165, 1.54) is 24.3 Å². The van der Waals surface area contributed by atoms with E-state index in [-0.39, 0.29) is 17.2 Å². The predicted molar refractivity (Wildman–Crippen MR) is 63.9 cm³/mol. The second-order valence-electron chi connectivity index (χ2n) is 3.46. The molecule has 0 fully saturated rings. The molecule has 0 saturated carbocycles. The number of carbonyl (C=O) groups is 2. The van der Waals surface area contributed by atoms with Crippen molar-refractivity contribution in [2.75, 3.05) is 13.7 Å². The molecule has 0 saturated heterocycles. The Morgan fingerprint density at radius 1 is 1.17 bits per heavy atom. The number of methoxy groups -OCH3 is 1. The van der Waals surface area contributed by atoms with Gasteiger partial charge in [0.15, 0.2) is 0 Å². The Kier molecular flexibility index (Phi) is 7.34. The molecule has 0 aliphatic carbocycles. The highest BCUT2D eigenvalue weighted by Crippen LogP contribution is 2.07. The van der Waals surface area contributed by atoms with E-state index >= 15 is 0 Å². The highest BCUT2D eigenvalue weighted by Gasteiger charge is 2.13. The maximum atomic E-state index is 10.5. The van der Waals surface area contributed by atoms with Gasteiger partial charge in [0.25, 0.3) is 0 Å². The molecule has 0 amide bonds. The van der Waals surface area contributed by atoms with E-state index in [1.807, 2.05) is 0 Å². The first-order valence-corrected chi connectivity index (χ1v) is 5.12. The minimum absolute atomic E-state index is 0.190. The summed E-state index contributed by atoms with van der Waals surface area (Å²) >= 11 is 0. The van der Waals surface area contributed by atoms with E-state index in [4.69, 9.17) is 15.3 Å². The Hall–Kier alpha value is -1.92. The smallest absolute Gasteiger partial charge is 0.336 e. The minimum Gasteiger partial charge on any atom is -0.478 e. The van der Waals surface area contributed by atoms with Gasteiger partial charge in [-0.25, -0.2) is 9.59 Å². The van der Waals surface area contributed by atoms with Crippen LogP contribution in [0.1, 0.15) is 27.6 Å². The summed E-state index contributed by atoms with van der Waals surface area (Å²) in [4.78, 5) is 20.9. The van der Waals surface area contributed by atoms with E-state index in [0.717, 1.165) is 0 Å². The van der Waals surface area contributed by atoms with Crippen LogP contribution in [0.3, 0.4) is 0 Å². The molecule has 0 spiro atoms. The van der Waals surface area contributed by atoms with Crippen LogP contribution in [0.2, 0.25) is 0 Å². The Morgan fingerprint density at radius 2 is 1.56 bits per heavy atom. The van der Waals surface area contributed by atoms with Gasteiger partial charge in [0.1, 0.15) is 0 Å². The van der Waals surface area contributed by atoms with Crippen LogP contribution < -0.4 is 0 Å². The Balaban J connectivity index is 0.000000411. The molecule has 0 heterocycles. The summed E-state index contributed by atoms with van der Waals surface area (Å²) in [6, 6.07) is 5.48. The number of aromatic carboxylic acids is 2. The van der Waals surface area contributed by atoms with Crippen molar-refractivity contribution in [1.29, 1.82) is 0 Å². The Labute approximate surface area is 104 Å². The van der Waals surface area contributed by atoms with E-state index in [2.05, 4.69) is 4.74 Å². The number of hydrogen-bond donors (Lipinski definition) is 3. The summed E-state index contributed by atoms with van der Waals surface area (Å²) in [5.41, 5.74) is -0.380. The molecule has 3 N–H and O–H groups in total. The van der Waals surface area contributed by atoms with Gasteiger partial charge in [0.05, 0.1) is 23.8 Å². The molecule has 1 aromatic rings. The number of ether oxygens (including phenoxy) is 1. The summed E-state index contributed by atoms with van der Waals surface area (Å²) in [7, 11) is 1.56. The fraction of sp³-hybridized carbons (Fsp3) is 0.333. The number of rotatable bonds is 4. The second-order valence-corrected chi connectivity index (χ2v) is 3.46. The van der Waals surface area contributed by atoms with Crippen LogP contribution in [0.25, 0.3) is 0 Å². The van der Waals surface area contributed by atoms with Gasteiger partial charge in [-0.15, -0.1) is 0 Å². The lowest BCUT2D eigenvalue weighted by Crippen LogP contribution is -2.07. The summed E-state index contributed by atoms with van der Waals surface area (Å²) < 4.78 is 4.55. The highest BCUT2D eigenvalue weighted by molar-refractivity contribution is 6.01. The average molecular weight is 256 g/mol. The van der Waals surface area contributed by atoms with Gasteiger partial charge in [-0.05, 0) is 19.1 Å². The molecule has 1 aromatic carbocycles. The quantitative estimate of drug-likeness (QED) is 0.745. The second kappa shape index (κ2) is 8.21. The number of carboxylic acids is 2. The van der Waals surface area contributed by atoms with Gasteiger partial charge < -0.3 is 20.1 Å². The highest BCUT2D eigenvalue weighted by atomic mass is 16.5. The van der Waals surface area contributed by atoms with Crippen LogP contribution in [0.5, 0.6) is 0 Å². The zero-order valence-electron chi connectivity index (χ0n) is 10.2. The van der Waals surface area contributed by atoms with Gasteiger partial charge in [-0.1, -0.05) is 12.1 Å². The maximum Gasteiger partial charge on any atom is 0.336 e. The van der Waals surface area contributed by atoms with Crippen molar-refractivity contribution in [3.8, 4) is 0 Å². The fourth-order valence-electron chi connectivity index (χ4n) is 1.10. The minimum atomic E-state index is -1.23. The van der Waals surface area contributed by atoms with E-state index in [9.17, 15) is 9.59 Å². The van der Waals surface area contributed by atoms with E-state index in [1.54, 1.807) is 14.0 Å². The Bertz CT molecular complexity index is 366. The van der Waals surface area contributed by atoms with Gasteiger partial charge in [-0.2, -0.15) is 0 Å². The average Bonchev–Trinajstić information content (AvgIpc) is 2.29. The Morgan fingerprint density at radius 3 is 1.72 bits per heavy atom. The molecular formula is C12H16O6.